The molecule has 3 aliphatic heterocycles. The first-order valence-electron chi connectivity index (χ1n) is 9.87. The minimum atomic E-state index is -0.675. The van der Waals surface area contributed by atoms with E-state index in [9.17, 15) is 19.2 Å². The maximum absolute atomic E-state index is 12.6. The van der Waals surface area contributed by atoms with Gasteiger partial charge in [-0.05, 0) is 30.3 Å². The Morgan fingerprint density at radius 3 is 2.32 bits per heavy atom. The number of hydrogen-bond acceptors (Lipinski definition) is 6. The number of imide groups is 1. The molecular formula is C22H19N3O6. The molecule has 2 fully saturated rings. The number of carbonyl (C=O) groups excluding carboxylic acids is 4. The smallest absolute Gasteiger partial charge is 0.415 e. The lowest BCUT2D eigenvalue weighted by atomic mass is 9.98. The summed E-state index contributed by atoms with van der Waals surface area (Å²) in [7, 11) is 1.43. The molecule has 0 unspecified atom stereocenters. The summed E-state index contributed by atoms with van der Waals surface area (Å²) in [5.74, 6) is -0.873. The molecule has 0 aliphatic carbocycles. The number of amides is 4. The van der Waals surface area contributed by atoms with Gasteiger partial charge in [-0.2, -0.15) is 0 Å². The molecule has 0 N–H and O–H groups in total. The SMILES string of the molecule is CN1C(=O)c2cccc([C@H]3CN(c4ccc(N5CCOCC5=O)cc4)C(=O)O3)c2C1=O. The third-order valence-corrected chi connectivity index (χ3v) is 5.77. The Kier molecular flexibility index (Phi) is 4.48. The predicted molar refractivity (Wildman–Crippen MR) is 109 cm³/mol. The molecule has 9 heteroatoms. The van der Waals surface area contributed by atoms with Crippen LogP contribution < -0.4 is 9.80 Å². The fraction of sp³-hybridized carbons (Fsp3) is 0.273. The van der Waals surface area contributed by atoms with Gasteiger partial charge in [-0.1, -0.05) is 12.1 Å². The Bertz CT molecular complexity index is 1110. The van der Waals surface area contributed by atoms with Gasteiger partial charge in [-0.15, -0.1) is 0 Å². The van der Waals surface area contributed by atoms with Crippen molar-refractivity contribution >= 4 is 35.2 Å². The molecule has 3 heterocycles. The van der Waals surface area contributed by atoms with E-state index in [0.29, 0.717) is 30.0 Å². The van der Waals surface area contributed by atoms with Gasteiger partial charge < -0.3 is 14.4 Å². The van der Waals surface area contributed by atoms with E-state index in [1.165, 1.54) is 11.9 Å². The summed E-state index contributed by atoms with van der Waals surface area (Å²) in [5, 5.41) is 0. The average molecular weight is 421 g/mol. The minimum Gasteiger partial charge on any atom is -0.439 e. The van der Waals surface area contributed by atoms with Crippen LogP contribution in [0.25, 0.3) is 0 Å². The molecule has 0 radical (unpaired) electrons. The van der Waals surface area contributed by atoms with Crippen molar-refractivity contribution in [1.29, 1.82) is 0 Å². The second-order valence-electron chi connectivity index (χ2n) is 7.54. The number of morpholine rings is 1. The summed E-state index contributed by atoms with van der Waals surface area (Å²) in [6.45, 7) is 1.22. The van der Waals surface area contributed by atoms with Crippen LogP contribution in [0.4, 0.5) is 16.2 Å². The lowest BCUT2D eigenvalue weighted by molar-refractivity contribution is -0.125. The molecule has 31 heavy (non-hydrogen) atoms. The molecule has 2 aromatic carbocycles. The first kappa shape index (κ1) is 19.3. The van der Waals surface area contributed by atoms with Crippen molar-refractivity contribution in [2.24, 2.45) is 0 Å². The van der Waals surface area contributed by atoms with Gasteiger partial charge in [0.1, 0.15) is 12.7 Å². The number of ether oxygens (including phenoxy) is 2. The first-order chi connectivity index (χ1) is 15.0. The van der Waals surface area contributed by atoms with Crippen molar-refractivity contribution in [2.75, 3.05) is 43.2 Å². The molecule has 1 atom stereocenters. The fourth-order valence-electron chi connectivity index (χ4n) is 4.14. The zero-order valence-electron chi connectivity index (χ0n) is 16.7. The Balaban J connectivity index is 1.39. The first-order valence-corrected chi connectivity index (χ1v) is 9.87. The maximum atomic E-state index is 12.6. The van der Waals surface area contributed by atoms with E-state index in [0.717, 1.165) is 10.6 Å². The summed E-state index contributed by atoms with van der Waals surface area (Å²) < 4.78 is 10.7. The maximum Gasteiger partial charge on any atom is 0.415 e. The Morgan fingerprint density at radius 1 is 0.903 bits per heavy atom. The standard InChI is InChI=1S/C22H19N3O6/c1-23-20(27)16-4-2-3-15(19(16)21(23)28)17-11-25(22(29)31-17)14-7-5-13(6-8-14)24-9-10-30-12-18(24)26/h2-8,17H,9-12H2,1H3/t17-/m1/s1. The number of fused-ring (bicyclic) bond motifs is 1. The Morgan fingerprint density at radius 2 is 1.61 bits per heavy atom. The van der Waals surface area contributed by atoms with Crippen LogP contribution in [0.5, 0.6) is 0 Å². The van der Waals surface area contributed by atoms with Crippen molar-refractivity contribution < 1.29 is 28.7 Å². The van der Waals surface area contributed by atoms with Gasteiger partial charge in [-0.25, -0.2) is 4.79 Å². The highest BCUT2D eigenvalue weighted by molar-refractivity contribution is 6.22. The molecule has 5 rings (SSSR count). The average Bonchev–Trinajstić information content (AvgIpc) is 3.28. The topological polar surface area (TPSA) is 96.5 Å². The van der Waals surface area contributed by atoms with Crippen LogP contribution in [-0.4, -0.2) is 62.1 Å². The number of anilines is 2. The molecule has 3 aliphatic rings. The molecule has 2 aromatic rings. The van der Waals surface area contributed by atoms with Crippen LogP contribution in [0, 0.1) is 0 Å². The minimum absolute atomic E-state index is 0.0552. The Hall–Kier alpha value is -3.72. The van der Waals surface area contributed by atoms with E-state index in [1.54, 1.807) is 47.4 Å². The van der Waals surface area contributed by atoms with Gasteiger partial charge in [0, 0.05) is 30.5 Å². The van der Waals surface area contributed by atoms with Crippen molar-refractivity contribution in [1.82, 2.24) is 4.90 Å². The van der Waals surface area contributed by atoms with Gasteiger partial charge in [0.15, 0.2) is 0 Å². The van der Waals surface area contributed by atoms with Crippen LogP contribution in [0.2, 0.25) is 0 Å². The van der Waals surface area contributed by atoms with E-state index in [2.05, 4.69) is 0 Å². The third kappa shape index (κ3) is 3.05. The fourth-order valence-corrected chi connectivity index (χ4v) is 4.14. The van der Waals surface area contributed by atoms with Gasteiger partial charge in [-0.3, -0.25) is 24.2 Å². The quantitative estimate of drug-likeness (QED) is 0.703. The normalized spacial score (nSPS) is 21.1. The summed E-state index contributed by atoms with van der Waals surface area (Å²) in [6, 6.07) is 12.0. The molecule has 9 nitrogen and oxygen atoms in total. The molecule has 0 saturated carbocycles. The molecule has 4 amide bonds. The van der Waals surface area contributed by atoms with E-state index >= 15 is 0 Å². The molecule has 158 valence electrons. The number of hydrogen-bond donors (Lipinski definition) is 0. The summed E-state index contributed by atoms with van der Waals surface area (Å²) in [4.78, 5) is 53.6. The van der Waals surface area contributed by atoms with E-state index < -0.39 is 18.1 Å². The number of rotatable bonds is 3. The largest absolute Gasteiger partial charge is 0.439 e. The highest BCUT2D eigenvalue weighted by Gasteiger charge is 2.41. The zero-order chi connectivity index (χ0) is 21.7. The van der Waals surface area contributed by atoms with Crippen LogP contribution in [-0.2, 0) is 14.3 Å². The molecule has 2 saturated heterocycles. The second-order valence-corrected chi connectivity index (χ2v) is 7.54. The summed E-state index contributed by atoms with van der Waals surface area (Å²) in [5.41, 5.74) is 2.47. The van der Waals surface area contributed by atoms with Crippen LogP contribution in [0.15, 0.2) is 42.5 Å². The predicted octanol–water partition coefficient (Wildman–Crippen LogP) is 1.97. The molecular weight excluding hydrogens is 402 g/mol. The number of carbonyl (C=O) groups is 4. The second kappa shape index (κ2) is 7.21. The van der Waals surface area contributed by atoms with Crippen LogP contribution >= 0.6 is 0 Å². The van der Waals surface area contributed by atoms with E-state index in [4.69, 9.17) is 9.47 Å². The summed E-state index contributed by atoms with van der Waals surface area (Å²) >= 11 is 0. The lowest BCUT2D eigenvalue weighted by Gasteiger charge is -2.27. The van der Waals surface area contributed by atoms with Gasteiger partial charge >= 0.3 is 6.09 Å². The van der Waals surface area contributed by atoms with Crippen LogP contribution in [0.3, 0.4) is 0 Å². The van der Waals surface area contributed by atoms with Crippen molar-refractivity contribution in [3.63, 3.8) is 0 Å². The van der Waals surface area contributed by atoms with Gasteiger partial charge in [0.2, 0.25) is 0 Å². The van der Waals surface area contributed by atoms with Crippen molar-refractivity contribution in [3.05, 3.63) is 59.2 Å². The van der Waals surface area contributed by atoms with Gasteiger partial charge in [0.05, 0.1) is 24.3 Å². The van der Waals surface area contributed by atoms with Crippen molar-refractivity contribution in [2.45, 2.75) is 6.10 Å². The Labute approximate surface area is 177 Å². The monoisotopic (exact) mass is 421 g/mol. The van der Waals surface area contributed by atoms with Gasteiger partial charge in [0.25, 0.3) is 17.7 Å². The van der Waals surface area contributed by atoms with E-state index in [-0.39, 0.29) is 30.5 Å². The third-order valence-electron chi connectivity index (χ3n) is 5.77. The molecule has 0 spiro atoms. The molecule has 0 bridgehead atoms. The summed E-state index contributed by atoms with van der Waals surface area (Å²) in [6.07, 6.45) is -1.21. The number of benzene rings is 2. The highest BCUT2D eigenvalue weighted by atomic mass is 16.6. The zero-order valence-corrected chi connectivity index (χ0v) is 16.7. The van der Waals surface area contributed by atoms with Crippen LogP contribution in [0.1, 0.15) is 32.4 Å². The lowest BCUT2D eigenvalue weighted by Crippen LogP contribution is -2.41. The highest BCUT2D eigenvalue weighted by Crippen LogP contribution is 2.36. The van der Waals surface area contributed by atoms with E-state index in [1.807, 2.05) is 0 Å². The number of nitrogens with zero attached hydrogens (tertiary/aromatic N) is 3. The van der Waals surface area contributed by atoms with Crippen molar-refractivity contribution in [3.8, 4) is 0 Å². The molecule has 0 aromatic heterocycles. The number of cyclic esters (lactones) is 1.